The van der Waals surface area contributed by atoms with E-state index in [0.717, 1.165) is 12.0 Å². The quantitative estimate of drug-likeness (QED) is 0.865. The fraction of sp³-hybridized carbons (Fsp3) is 0.231. The van der Waals surface area contributed by atoms with E-state index in [-0.39, 0.29) is 11.7 Å². The van der Waals surface area contributed by atoms with Gasteiger partial charge in [-0.15, -0.1) is 0 Å². The molecule has 0 saturated heterocycles. The molecule has 1 aromatic carbocycles. The largest absolute Gasteiger partial charge is 0.330 e. The Kier molecular flexibility index (Phi) is 3.70. The van der Waals surface area contributed by atoms with Crippen LogP contribution in [-0.2, 0) is 6.42 Å². The SMILES string of the molecule is NCC(Cc1ccsc1)c1cccc(F)c1. The Morgan fingerprint density at radius 2 is 2.19 bits per heavy atom. The van der Waals surface area contributed by atoms with Gasteiger partial charge in [-0.25, -0.2) is 4.39 Å². The lowest BCUT2D eigenvalue weighted by Gasteiger charge is -2.14. The highest BCUT2D eigenvalue weighted by Crippen LogP contribution is 2.21. The zero-order valence-electron chi connectivity index (χ0n) is 8.90. The first-order valence-electron chi connectivity index (χ1n) is 5.26. The third-order valence-corrected chi connectivity index (χ3v) is 3.40. The van der Waals surface area contributed by atoms with E-state index in [2.05, 4.69) is 16.8 Å². The molecule has 0 spiro atoms. The number of nitrogens with two attached hydrogens (primary N) is 1. The van der Waals surface area contributed by atoms with Crippen molar-refractivity contribution in [3.05, 3.63) is 58.0 Å². The van der Waals surface area contributed by atoms with Gasteiger partial charge in [0, 0.05) is 5.92 Å². The molecule has 1 aromatic heterocycles. The maximum absolute atomic E-state index is 13.1. The Morgan fingerprint density at radius 1 is 1.31 bits per heavy atom. The Balaban J connectivity index is 2.16. The van der Waals surface area contributed by atoms with E-state index < -0.39 is 0 Å². The number of hydrogen-bond donors (Lipinski definition) is 1. The minimum absolute atomic E-state index is 0.193. The first-order valence-corrected chi connectivity index (χ1v) is 6.20. The van der Waals surface area contributed by atoms with Crippen molar-refractivity contribution in [2.75, 3.05) is 6.54 Å². The zero-order chi connectivity index (χ0) is 11.4. The zero-order valence-corrected chi connectivity index (χ0v) is 9.71. The van der Waals surface area contributed by atoms with Crippen LogP contribution in [-0.4, -0.2) is 6.54 Å². The van der Waals surface area contributed by atoms with Crippen molar-refractivity contribution in [3.8, 4) is 0 Å². The Morgan fingerprint density at radius 3 is 2.81 bits per heavy atom. The van der Waals surface area contributed by atoms with Crippen molar-refractivity contribution in [3.63, 3.8) is 0 Å². The fourth-order valence-electron chi connectivity index (χ4n) is 1.79. The molecule has 0 amide bonds. The first-order chi connectivity index (χ1) is 7.79. The van der Waals surface area contributed by atoms with E-state index in [1.165, 1.54) is 11.6 Å². The van der Waals surface area contributed by atoms with Crippen LogP contribution >= 0.6 is 11.3 Å². The van der Waals surface area contributed by atoms with Gasteiger partial charge in [0.1, 0.15) is 5.82 Å². The Hall–Kier alpha value is -1.19. The van der Waals surface area contributed by atoms with Gasteiger partial charge in [0.25, 0.3) is 0 Å². The van der Waals surface area contributed by atoms with Gasteiger partial charge in [0.2, 0.25) is 0 Å². The molecule has 0 saturated carbocycles. The number of halogens is 1. The lowest BCUT2D eigenvalue weighted by Crippen LogP contribution is -2.14. The van der Waals surface area contributed by atoms with E-state index in [9.17, 15) is 4.39 Å². The first kappa shape index (κ1) is 11.3. The molecule has 0 aliphatic heterocycles. The van der Waals surface area contributed by atoms with Gasteiger partial charge in [0.15, 0.2) is 0 Å². The molecule has 2 N–H and O–H groups in total. The smallest absolute Gasteiger partial charge is 0.123 e. The van der Waals surface area contributed by atoms with Crippen molar-refractivity contribution in [2.24, 2.45) is 5.73 Å². The lowest BCUT2D eigenvalue weighted by molar-refractivity contribution is 0.617. The molecular formula is C13H14FNS. The summed E-state index contributed by atoms with van der Waals surface area (Å²) in [5.41, 5.74) is 8.00. The van der Waals surface area contributed by atoms with Gasteiger partial charge >= 0.3 is 0 Å². The summed E-state index contributed by atoms with van der Waals surface area (Å²) in [5.74, 6) is 0.00608. The summed E-state index contributed by atoms with van der Waals surface area (Å²) in [5, 5.41) is 4.16. The number of rotatable bonds is 4. The highest BCUT2D eigenvalue weighted by Gasteiger charge is 2.11. The summed E-state index contributed by atoms with van der Waals surface area (Å²) in [7, 11) is 0. The number of hydrogen-bond acceptors (Lipinski definition) is 2. The van der Waals surface area contributed by atoms with E-state index in [0.29, 0.717) is 6.54 Å². The van der Waals surface area contributed by atoms with Crippen molar-refractivity contribution in [1.29, 1.82) is 0 Å². The molecule has 0 bridgehead atoms. The minimum Gasteiger partial charge on any atom is -0.330 e. The maximum atomic E-state index is 13.1. The Bertz CT molecular complexity index is 439. The maximum Gasteiger partial charge on any atom is 0.123 e. The molecule has 0 aliphatic carbocycles. The van der Waals surface area contributed by atoms with Crippen molar-refractivity contribution in [2.45, 2.75) is 12.3 Å². The molecule has 1 unspecified atom stereocenters. The predicted octanol–water partition coefficient (Wildman–Crippen LogP) is 3.17. The second-order valence-electron chi connectivity index (χ2n) is 3.82. The number of benzene rings is 1. The predicted molar refractivity (Wildman–Crippen MR) is 66.2 cm³/mol. The van der Waals surface area contributed by atoms with Crippen molar-refractivity contribution in [1.82, 2.24) is 0 Å². The molecule has 1 atom stereocenters. The lowest BCUT2D eigenvalue weighted by atomic mass is 9.93. The topological polar surface area (TPSA) is 26.0 Å². The van der Waals surface area contributed by atoms with Crippen LogP contribution in [0.5, 0.6) is 0 Å². The number of thiophene rings is 1. The van der Waals surface area contributed by atoms with Crippen molar-refractivity contribution < 1.29 is 4.39 Å². The van der Waals surface area contributed by atoms with Gasteiger partial charge in [-0.3, -0.25) is 0 Å². The summed E-state index contributed by atoms with van der Waals surface area (Å²) in [6, 6.07) is 8.80. The van der Waals surface area contributed by atoms with Crippen LogP contribution in [0, 0.1) is 5.82 Å². The third-order valence-electron chi connectivity index (χ3n) is 2.67. The van der Waals surface area contributed by atoms with Crippen LogP contribution in [0.2, 0.25) is 0 Å². The van der Waals surface area contributed by atoms with Gasteiger partial charge < -0.3 is 5.73 Å². The molecule has 1 nitrogen and oxygen atoms in total. The monoisotopic (exact) mass is 235 g/mol. The van der Waals surface area contributed by atoms with Crippen LogP contribution in [0.15, 0.2) is 41.1 Å². The van der Waals surface area contributed by atoms with Crippen molar-refractivity contribution >= 4 is 11.3 Å². The van der Waals surface area contributed by atoms with Crippen LogP contribution in [0.1, 0.15) is 17.0 Å². The van der Waals surface area contributed by atoms with E-state index in [1.54, 1.807) is 23.5 Å². The Labute approximate surface area is 98.7 Å². The van der Waals surface area contributed by atoms with Crippen LogP contribution < -0.4 is 5.73 Å². The van der Waals surface area contributed by atoms with Gasteiger partial charge in [-0.1, -0.05) is 12.1 Å². The summed E-state index contributed by atoms with van der Waals surface area (Å²) >= 11 is 1.68. The normalized spacial score (nSPS) is 12.6. The second-order valence-corrected chi connectivity index (χ2v) is 4.60. The molecule has 1 heterocycles. The van der Waals surface area contributed by atoms with Gasteiger partial charge in [-0.05, 0) is 53.1 Å². The molecule has 0 radical (unpaired) electrons. The third kappa shape index (κ3) is 2.68. The molecule has 0 aliphatic rings. The second kappa shape index (κ2) is 5.23. The minimum atomic E-state index is -0.193. The molecule has 0 fully saturated rings. The average Bonchev–Trinajstić information content (AvgIpc) is 2.78. The summed E-state index contributed by atoms with van der Waals surface area (Å²) in [6.45, 7) is 0.541. The highest BCUT2D eigenvalue weighted by atomic mass is 32.1. The van der Waals surface area contributed by atoms with Gasteiger partial charge in [0.05, 0.1) is 0 Å². The fourth-order valence-corrected chi connectivity index (χ4v) is 2.47. The van der Waals surface area contributed by atoms with Gasteiger partial charge in [-0.2, -0.15) is 11.3 Å². The van der Waals surface area contributed by atoms with E-state index in [4.69, 9.17) is 5.73 Å². The molecule has 16 heavy (non-hydrogen) atoms. The summed E-state index contributed by atoms with van der Waals surface area (Å²) in [4.78, 5) is 0. The highest BCUT2D eigenvalue weighted by molar-refractivity contribution is 7.07. The standard InChI is InChI=1S/C13H14FNS/c14-13-3-1-2-11(7-13)12(8-15)6-10-4-5-16-9-10/h1-5,7,9,12H,6,8,15H2. The average molecular weight is 235 g/mol. The molecular weight excluding hydrogens is 221 g/mol. The van der Waals surface area contributed by atoms with E-state index in [1.807, 2.05) is 6.07 Å². The molecule has 2 rings (SSSR count). The van der Waals surface area contributed by atoms with E-state index >= 15 is 0 Å². The summed E-state index contributed by atoms with van der Waals surface area (Å²) in [6.07, 6.45) is 0.878. The molecule has 2 aromatic rings. The molecule has 3 heteroatoms. The van der Waals surface area contributed by atoms with Crippen LogP contribution in [0.4, 0.5) is 4.39 Å². The molecule has 84 valence electrons. The van der Waals surface area contributed by atoms with Crippen LogP contribution in [0.3, 0.4) is 0 Å². The van der Waals surface area contributed by atoms with Crippen LogP contribution in [0.25, 0.3) is 0 Å². The summed E-state index contributed by atoms with van der Waals surface area (Å²) < 4.78 is 13.1.